The smallest absolute Gasteiger partial charge is 0.142 e. The first-order chi connectivity index (χ1) is 14.2. The fraction of sp³-hybridized carbons (Fsp3) is 0.429. The summed E-state index contributed by atoms with van der Waals surface area (Å²) in [7, 11) is 1.74. The van der Waals surface area contributed by atoms with Crippen molar-refractivity contribution < 1.29 is 9.13 Å². The number of ether oxygens (including phenoxy) is 1. The summed E-state index contributed by atoms with van der Waals surface area (Å²) in [4.78, 5) is 11.3. The van der Waals surface area contributed by atoms with Crippen molar-refractivity contribution in [1.29, 1.82) is 0 Å². The molecule has 0 bridgehead atoms. The normalized spacial score (nSPS) is 16.2. The monoisotopic (exact) mass is 434 g/mol. The molecule has 0 spiro atoms. The van der Waals surface area contributed by atoms with E-state index in [4.69, 9.17) is 16.3 Å². The van der Waals surface area contributed by atoms with Crippen LogP contribution in [0, 0.1) is 11.7 Å². The number of hydrogen-bond donors (Lipinski definition) is 2. The van der Waals surface area contributed by atoms with Crippen molar-refractivity contribution in [1.82, 2.24) is 15.3 Å². The molecule has 8 heteroatoms. The number of nitrogens with one attached hydrogen (secondary N) is 2. The zero-order valence-electron chi connectivity index (χ0n) is 16.3. The standard InChI is InChI=1S/C21H24ClFN4OS/c1-28-8-2-7-24-11-13-3-5-15-18(9-13)29-21-19(15)20(25-12-26-21)27-14-4-6-17(23)16(22)10-14/h4,6,10,12-13,24H,2-3,5,7-9,11H2,1H3,(H,25,26,27). The Morgan fingerprint density at radius 2 is 2.24 bits per heavy atom. The maximum Gasteiger partial charge on any atom is 0.142 e. The van der Waals surface area contributed by atoms with Gasteiger partial charge in [-0.2, -0.15) is 0 Å². The van der Waals surface area contributed by atoms with Gasteiger partial charge in [0.25, 0.3) is 0 Å². The summed E-state index contributed by atoms with van der Waals surface area (Å²) in [5.41, 5.74) is 2.06. The van der Waals surface area contributed by atoms with Gasteiger partial charge in [-0.1, -0.05) is 11.6 Å². The van der Waals surface area contributed by atoms with Crippen LogP contribution in [0.4, 0.5) is 15.9 Å². The minimum atomic E-state index is -0.431. The largest absolute Gasteiger partial charge is 0.385 e. The fourth-order valence-electron chi connectivity index (χ4n) is 3.81. The molecule has 1 atom stereocenters. The molecule has 29 heavy (non-hydrogen) atoms. The average molecular weight is 435 g/mol. The first-order valence-corrected chi connectivity index (χ1v) is 11.0. The molecule has 0 saturated carbocycles. The maximum atomic E-state index is 13.5. The highest BCUT2D eigenvalue weighted by Gasteiger charge is 2.25. The number of anilines is 2. The van der Waals surface area contributed by atoms with E-state index >= 15 is 0 Å². The van der Waals surface area contributed by atoms with Gasteiger partial charge >= 0.3 is 0 Å². The Labute approximate surface area is 178 Å². The molecule has 0 radical (unpaired) electrons. The van der Waals surface area contributed by atoms with Gasteiger partial charge in [0, 0.05) is 24.3 Å². The molecule has 2 aromatic heterocycles. The molecule has 1 unspecified atom stereocenters. The first kappa shape index (κ1) is 20.5. The predicted octanol–water partition coefficient (Wildman–Crippen LogP) is 4.96. The molecule has 2 N–H and O–H groups in total. The Kier molecular flexibility index (Phi) is 6.60. The van der Waals surface area contributed by atoms with Crippen molar-refractivity contribution in [3.63, 3.8) is 0 Å². The number of hydrogen-bond acceptors (Lipinski definition) is 6. The Bertz CT molecular complexity index is 996. The van der Waals surface area contributed by atoms with Crippen molar-refractivity contribution in [2.45, 2.75) is 25.7 Å². The SMILES string of the molecule is COCCCNCC1CCc2c(sc3ncnc(Nc4ccc(F)c(Cl)c4)c23)C1. The number of halogens is 2. The molecule has 2 heterocycles. The molecule has 3 aromatic rings. The summed E-state index contributed by atoms with van der Waals surface area (Å²) in [6.45, 7) is 2.82. The molecular formula is C21H24ClFN4OS. The molecule has 4 rings (SSSR count). The lowest BCUT2D eigenvalue weighted by atomic mass is 9.87. The van der Waals surface area contributed by atoms with Crippen molar-refractivity contribution in [2.75, 3.05) is 32.1 Å². The van der Waals surface area contributed by atoms with Gasteiger partial charge in [0.15, 0.2) is 0 Å². The van der Waals surface area contributed by atoms with E-state index in [2.05, 4.69) is 20.6 Å². The zero-order valence-corrected chi connectivity index (χ0v) is 17.9. The van der Waals surface area contributed by atoms with Crippen LogP contribution < -0.4 is 10.6 Å². The molecular weight excluding hydrogens is 411 g/mol. The minimum Gasteiger partial charge on any atom is -0.385 e. The van der Waals surface area contributed by atoms with Crippen LogP contribution in [-0.4, -0.2) is 36.8 Å². The number of methoxy groups -OCH3 is 1. The van der Waals surface area contributed by atoms with Gasteiger partial charge in [-0.3, -0.25) is 0 Å². The lowest BCUT2D eigenvalue weighted by Gasteiger charge is -2.23. The maximum absolute atomic E-state index is 13.5. The van der Waals surface area contributed by atoms with Crippen LogP contribution in [0.1, 0.15) is 23.3 Å². The molecule has 0 aliphatic heterocycles. The number of benzene rings is 1. The molecule has 5 nitrogen and oxygen atoms in total. The third-order valence-electron chi connectivity index (χ3n) is 5.26. The number of aromatic nitrogens is 2. The summed E-state index contributed by atoms with van der Waals surface area (Å²) in [5.74, 6) is 0.963. The number of nitrogens with zero attached hydrogens (tertiary/aromatic N) is 2. The van der Waals surface area contributed by atoms with E-state index in [1.807, 2.05) is 0 Å². The van der Waals surface area contributed by atoms with Gasteiger partial charge in [-0.15, -0.1) is 11.3 Å². The predicted molar refractivity (Wildman–Crippen MR) is 117 cm³/mol. The van der Waals surface area contributed by atoms with E-state index < -0.39 is 5.82 Å². The van der Waals surface area contributed by atoms with Crippen LogP contribution in [0.3, 0.4) is 0 Å². The van der Waals surface area contributed by atoms with E-state index in [0.29, 0.717) is 11.6 Å². The van der Waals surface area contributed by atoms with Crippen LogP contribution in [0.2, 0.25) is 5.02 Å². The van der Waals surface area contributed by atoms with Gasteiger partial charge < -0.3 is 15.4 Å². The Morgan fingerprint density at radius 1 is 1.34 bits per heavy atom. The summed E-state index contributed by atoms with van der Waals surface area (Å²) in [6, 6.07) is 4.60. The van der Waals surface area contributed by atoms with Crippen LogP contribution in [0.15, 0.2) is 24.5 Å². The van der Waals surface area contributed by atoms with E-state index in [0.717, 1.165) is 61.4 Å². The highest BCUT2D eigenvalue weighted by molar-refractivity contribution is 7.19. The van der Waals surface area contributed by atoms with Crippen LogP contribution in [0.5, 0.6) is 0 Å². The Hall–Kier alpha value is -1.80. The third-order valence-corrected chi connectivity index (χ3v) is 6.72. The minimum absolute atomic E-state index is 0.0912. The van der Waals surface area contributed by atoms with Gasteiger partial charge in [0.05, 0.1) is 10.4 Å². The number of rotatable bonds is 8. The Morgan fingerprint density at radius 3 is 3.07 bits per heavy atom. The second-order valence-corrected chi connectivity index (χ2v) is 8.81. The van der Waals surface area contributed by atoms with Crippen LogP contribution in [0.25, 0.3) is 10.2 Å². The molecule has 0 amide bonds. The fourth-order valence-corrected chi connectivity index (χ4v) is 5.29. The zero-order chi connectivity index (χ0) is 20.2. The molecule has 0 fully saturated rings. The lowest BCUT2D eigenvalue weighted by molar-refractivity contribution is 0.193. The molecule has 154 valence electrons. The second kappa shape index (κ2) is 9.34. The molecule has 1 aliphatic rings. The lowest BCUT2D eigenvalue weighted by Crippen LogP contribution is -2.28. The third kappa shape index (κ3) is 4.69. The van der Waals surface area contributed by atoms with Crippen LogP contribution >= 0.6 is 22.9 Å². The number of thiophene rings is 1. The van der Waals surface area contributed by atoms with Crippen molar-refractivity contribution >= 4 is 44.7 Å². The van der Waals surface area contributed by atoms with Crippen molar-refractivity contribution in [3.8, 4) is 0 Å². The quantitative estimate of drug-likeness (QED) is 0.491. The van der Waals surface area contributed by atoms with Gasteiger partial charge in [-0.25, -0.2) is 14.4 Å². The summed E-state index contributed by atoms with van der Waals surface area (Å²) >= 11 is 7.68. The highest BCUT2D eigenvalue weighted by atomic mass is 35.5. The van der Waals surface area contributed by atoms with Gasteiger partial charge in [-0.05, 0) is 68.5 Å². The van der Waals surface area contributed by atoms with Crippen molar-refractivity contribution in [3.05, 3.63) is 45.8 Å². The number of fused-ring (bicyclic) bond motifs is 3. The summed E-state index contributed by atoms with van der Waals surface area (Å²) in [6.07, 6.45) is 5.84. The Balaban J connectivity index is 1.51. The topological polar surface area (TPSA) is 59.1 Å². The summed E-state index contributed by atoms with van der Waals surface area (Å²) < 4.78 is 18.6. The van der Waals surface area contributed by atoms with E-state index in [1.54, 1.807) is 36.9 Å². The number of aryl methyl sites for hydroxylation is 1. The average Bonchev–Trinajstić information content (AvgIpc) is 3.09. The second-order valence-electron chi connectivity index (χ2n) is 7.32. The van der Waals surface area contributed by atoms with E-state index in [1.165, 1.54) is 16.5 Å². The summed E-state index contributed by atoms with van der Waals surface area (Å²) in [5, 5.41) is 8.02. The molecule has 0 saturated heterocycles. The van der Waals surface area contributed by atoms with E-state index in [9.17, 15) is 4.39 Å². The van der Waals surface area contributed by atoms with Crippen molar-refractivity contribution in [2.24, 2.45) is 5.92 Å². The van der Waals surface area contributed by atoms with Gasteiger partial charge in [0.2, 0.25) is 0 Å². The molecule has 1 aliphatic carbocycles. The van der Waals surface area contributed by atoms with E-state index in [-0.39, 0.29) is 5.02 Å². The van der Waals surface area contributed by atoms with Crippen LogP contribution in [-0.2, 0) is 17.6 Å². The first-order valence-electron chi connectivity index (χ1n) is 9.82. The van der Waals surface area contributed by atoms with Gasteiger partial charge in [0.1, 0.15) is 22.8 Å². The molecule has 1 aromatic carbocycles. The highest BCUT2D eigenvalue weighted by Crippen LogP contribution is 2.40.